The van der Waals surface area contributed by atoms with Crippen molar-refractivity contribution in [2.45, 2.75) is 42.4 Å². The second kappa shape index (κ2) is 9.75. The molecule has 194 valence electrons. The minimum Gasteiger partial charge on any atom is -0.426 e. The molecule has 2 rings (SSSR count). The number of nitrogens with one attached hydrogen (secondary N) is 1. The molecule has 0 spiro atoms. The molecule has 0 aliphatic carbocycles. The molecule has 0 radical (unpaired) electrons. The molecule has 1 aromatic carbocycles. The third kappa shape index (κ3) is 7.10. The topological polar surface area (TPSA) is 75.7 Å². The predicted octanol–water partition coefficient (Wildman–Crippen LogP) is 4.46. The van der Waals surface area contributed by atoms with Crippen LogP contribution in [0.1, 0.15) is 18.4 Å². The smallest absolute Gasteiger partial charge is 0.426 e. The fraction of sp³-hybridized carbons (Fsp3) is 0.588. The monoisotopic (exact) mass is 534 g/mol. The van der Waals surface area contributed by atoms with Crippen molar-refractivity contribution < 1.29 is 61.9 Å². The van der Waals surface area contributed by atoms with Crippen molar-refractivity contribution in [2.24, 2.45) is 5.92 Å². The molecule has 0 bridgehead atoms. The van der Waals surface area contributed by atoms with Crippen LogP contribution in [0.15, 0.2) is 23.1 Å². The Morgan fingerprint density at radius 3 is 2.03 bits per heavy atom. The van der Waals surface area contributed by atoms with Gasteiger partial charge in [0.15, 0.2) is 0 Å². The summed E-state index contributed by atoms with van der Waals surface area (Å²) >= 11 is 0. The van der Waals surface area contributed by atoms with Crippen LogP contribution in [0, 0.1) is 11.7 Å². The molecule has 1 N–H and O–H groups in total. The first-order chi connectivity index (χ1) is 15.3. The van der Waals surface area contributed by atoms with E-state index in [9.17, 15) is 57.1 Å². The molecule has 1 aliphatic heterocycles. The van der Waals surface area contributed by atoms with Gasteiger partial charge >= 0.3 is 24.6 Å². The standard InChI is InChI=1S/C17H16F10N2O4S/c18-10-1-2-12(11(7-10)15(19,20)21)34(31,32)28-8-9-3-5-29(6-4-9)14(30)33-13(16(22,23)24)17(25,26)27/h1-2,7,9,13,28H,3-6,8H2. The number of amides is 1. The first-order valence-electron chi connectivity index (χ1n) is 9.28. The average Bonchev–Trinajstić information content (AvgIpc) is 2.68. The van der Waals surface area contributed by atoms with Gasteiger partial charge in [0.05, 0.1) is 10.5 Å². The van der Waals surface area contributed by atoms with E-state index in [0.717, 1.165) is 0 Å². The minimum absolute atomic E-state index is 0.00776. The number of carbonyl (C=O) groups excluding carboxylic acids is 1. The van der Waals surface area contributed by atoms with E-state index < -0.39 is 82.6 Å². The number of hydrogen-bond acceptors (Lipinski definition) is 4. The van der Waals surface area contributed by atoms with Gasteiger partial charge in [0.1, 0.15) is 5.82 Å². The highest BCUT2D eigenvalue weighted by molar-refractivity contribution is 7.89. The van der Waals surface area contributed by atoms with Crippen molar-refractivity contribution in [2.75, 3.05) is 19.6 Å². The van der Waals surface area contributed by atoms with E-state index in [4.69, 9.17) is 0 Å². The highest BCUT2D eigenvalue weighted by Gasteiger charge is 2.60. The Bertz CT molecular complexity index is 969. The third-order valence-electron chi connectivity index (χ3n) is 4.78. The van der Waals surface area contributed by atoms with Crippen LogP contribution in [0.25, 0.3) is 0 Å². The lowest BCUT2D eigenvalue weighted by molar-refractivity contribution is -0.308. The van der Waals surface area contributed by atoms with Crippen molar-refractivity contribution >= 4 is 16.1 Å². The quantitative estimate of drug-likeness (QED) is 0.567. The Labute approximate surface area is 185 Å². The van der Waals surface area contributed by atoms with Crippen LogP contribution < -0.4 is 4.72 Å². The van der Waals surface area contributed by atoms with Crippen LogP contribution in [-0.2, 0) is 20.9 Å². The Kier molecular flexibility index (Phi) is 8.01. The summed E-state index contributed by atoms with van der Waals surface area (Å²) in [6, 6.07) is 0.952. The van der Waals surface area contributed by atoms with Gasteiger partial charge in [0, 0.05) is 19.6 Å². The van der Waals surface area contributed by atoms with Gasteiger partial charge in [-0.25, -0.2) is 22.3 Å². The number of alkyl halides is 9. The lowest BCUT2D eigenvalue weighted by Crippen LogP contribution is -2.49. The molecule has 1 aliphatic rings. The van der Waals surface area contributed by atoms with Gasteiger partial charge in [0.2, 0.25) is 10.0 Å². The number of likely N-dealkylation sites (tertiary alicyclic amines) is 1. The number of carbonyl (C=O) groups is 1. The van der Waals surface area contributed by atoms with E-state index in [2.05, 4.69) is 4.74 Å². The number of hydrogen-bond donors (Lipinski definition) is 1. The molecule has 1 saturated heterocycles. The summed E-state index contributed by atoms with van der Waals surface area (Å²) in [5.74, 6) is -1.93. The molecule has 1 aromatic rings. The second-order valence-corrected chi connectivity index (χ2v) is 9.00. The van der Waals surface area contributed by atoms with E-state index in [1.807, 2.05) is 4.72 Å². The molecule has 0 aromatic heterocycles. The molecule has 6 nitrogen and oxygen atoms in total. The number of nitrogens with zero attached hydrogens (tertiary/aromatic N) is 1. The van der Waals surface area contributed by atoms with Gasteiger partial charge in [-0.3, -0.25) is 0 Å². The van der Waals surface area contributed by atoms with Crippen LogP contribution in [0.3, 0.4) is 0 Å². The van der Waals surface area contributed by atoms with E-state index >= 15 is 0 Å². The summed E-state index contributed by atoms with van der Waals surface area (Å²) in [5.41, 5.74) is -1.73. The molecule has 1 heterocycles. The third-order valence-corrected chi connectivity index (χ3v) is 6.27. The van der Waals surface area contributed by atoms with Crippen molar-refractivity contribution in [3.63, 3.8) is 0 Å². The molecular formula is C17H16F10N2O4S. The largest absolute Gasteiger partial charge is 0.434 e. The van der Waals surface area contributed by atoms with E-state index in [-0.39, 0.29) is 18.9 Å². The van der Waals surface area contributed by atoms with Crippen molar-refractivity contribution in [1.82, 2.24) is 9.62 Å². The van der Waals surface area contributed by atoms with Gasteiger partial charge in [-0.1, -0.05) is 0 Å². The molecule has 1 amide bonds. The van der Waals surface area contributed by atoms with Crippen molar-refractivity contribution in [3.8, 4) is 0 Å². The first-order valence-corrected chi connectivity index (χ1v) is 10.8. The van der Waals surface area contributed by atoms with Crippen molar-refractivity contribution in [3.05, 3.63) is 29.6 Å². The van der Waals surface area contributed by atoms with Gasteiger partial charge in [-0.2, -0.15) is 39.5 Å². The zero-order valence-corrected chi connectivity index (χ0v) is 17.5. The summed E-state index contributed by atoms with van der Waals surface area (Å²) in [4.78, 5) is 11.1. The number of ether oxygens (including phenoxy) is 1. The first kappa shape index (κ1) is 27.9. The van der Waals surface area contributed by atoms with Gasteiger partial charge < -0.3 is 9.64 Å². The number of sulfonamides is 1. The van der Waals surface area contributed by atoms with Crippen LogP contribution in [0.2, 0.25) is 0 Å². The van der Waals surface area contributed by atoms with E-state index in [1.165, 1.54) is 0 Å². The van der Waals surface area contributed by atoms with Crippen LogP contribution in [-0.4, -0.2) is 57.5 Å². The molecule has 0 atom stereocenters. The Balaban J connectivity index is 1.98. The lowest BCUT2D eigenvalue weighted by Gasteiger charge is -2.33. The summed E-state index contributed by atoms with van der Waals surface area (Å²) < 4.78 is 158. The number of halogens is 10. The highest BCUT2D eigenvalue weighted by atomic mass is 32.2. The number of rotatable bonds is 5. The van der Waals surface area contributed by atoms with Gasteiger partial charge in [-0.05, 0) is 37.0 Å². The molecule has 0 unspecified atom stereocenters. The molecule has 34 heavy (non-hydrogen) atoms. The Morgan fingerprint density at radius 1 is 1.03 bits per heavy atom. The Morgan fingerprint density at radius 2 is 1.56 bits per heavy atom. The van der Waals surface area contributed by atoms with Crippen molar-refractivity contribution in [1.29, 1.82) is 0 Å². The minimum atomic E-state index is -5.89. The molecular weight excluding hydrogens is 518 g/mol. The second-order valence-electron chi connectivity index (χ2n) is 7.27. The van der Waals surface area contributed by atoms with Crippen LogP contribution >= 0.6 is 0 Å². The van der Waals surface area contributed by atoms with E-state index in [1.54, 1.807) is 0 Å². The van der Waals surface area contributed by atoms with Gasteiger partial charge in [0.25, 0.3) is 6.10 Å². The maximum absolute atomic E-state index is 13.2. The Hall–Kier alpha value is -2.30. The van der Waals surface area contributed by atoms with Crippen LogP contribution in [0.4, 0.5) is 48.7 Å². The fourth-order valence-corrected chi connectivity index (χ4v) is 4.40. The normalized spacial score (nSPS) is 16.7. The summed E-state index contributed by atoms with van der Waals surface area (Å²) in [7, 11) is -4.76. The fourth-order valence-electron chi connectivity index (χ4n) is 3.08. The SMILES string of the molecule is O=C(OC(C(F)(F)F)C(F)(F)F)N1CCC(CNS(=O)(=O)c2ccc(F)cc2C(F)(F)F)CC1. The maximum Gasteiger partial charge on any atom is 0.434 e. The highest BCUT2D eigenvalue weighted by Crippen LogP contribution is 2.37. The zero-order valence-electron chi connectivity index (χ0n) is 16.7. The summed E-state index contributed by atoms with van der Waals surface area (Å²) in [5, 5.41) is 0. The predicted molar refractivity (Wildman–Crippen MR) is 93.3 cm³/mol. The van der Waals surface area contributed by atoms with E-state index in [0.29, 0.717) is 17.0 Å². The maximum atomic E-state index is 13.2. The summed E-state index contributed by atoms with van der Waals surface area (Å²) in [6.45, 7) is -1.23. The molecule has 1 fully saturated rings. The molecule has 0 saturated carbocycles. The summed E-state index contributed by atoms with van der Waals surface area (Å²) in [6.07, 6.45) is -23.4. The van der Waals surface area contributed by atoms with Gasteiger partial charge in [-0.15, -0.1) is 0 Å². The zero-order chi connectivity index (χ0) is 26.1. The number of benzene rings is 1. The average molecular weight is 534 g/mol. The molecule has 17 heteroatoms. The lowest BCUT2D eigenvalue weighted by atomic mass is 9.97. The number of piperidine rings is 1. The van der Waals surface area contributed by atoms with Crippen LogP contribution in [0.5, 0.6) is 0 Å².